The van der Waals surface area contributed by atoms with E-state index in [1.165, 1.54) is 24.4 Å². The van der Waals surface area contributed by atoms with Crippen LogP contribution in [0.2, 0.25) is 5.02 Å². The molecule has 6 rings (SSSR count). The van der Waals surface area contributed by atoms with Crippen molar-refractivity contribution in [1.29, 1.82) is 0 Å². The number of nitrogens with zero attached hydrogens (tertiary/aromatic N) is 6. The van der Waals surface area contributed by atoms with Gasteiger partial charge in [-0.25, -0.2) is 14.4 Å². The number of hydrogen-bond acceptors (Lipinski definition) is 8. The lowest BCUT2D eigenvalue weighted by Crippen LogP contribution is -2.51. The standard InChI is InChI=1S/C29H27ClFN7O4/c1-14(2)37-23-22(35-24(37)18-13-33-28(42-9-8-31)36-25(18)41-5)26(39)38(21-11-17(30)12-32-16(21)4)29(23)19-7-6-15(3)10-20(19)34-27(29)40/h6-7,10-14H,8-9H2,1-5H3,(H,34,40). The third-order valence-corrected chi connectivity index (χ3v) is 7.60. The van der Waals surface area contributed by atoms with Gasteiger partial charge in [0.1, 0.15) is 19.1 Å². The number of imidazole rings is 1. The van der Waals surface area contributed by atoms with E-state index < -0.39 is 24.0 Å². The number of pyridine rings is 1. The molecule has 1 unspecified atom stereocenters. The first-order chi connectivity index (χ1) is 20.1. The minimum absolute atomic E-state index is 0.0643. The van der Waals surface area contributed by atoms with Gasteiger partial charge in [-0.1, -0.05) is 23.7 Å². The van der Waals surface area contributed by atoms with E-state index in [1.54, 1.807) is 13.0 Å². The number of alkyl halides is 1. The van der Waals surface area contributed by atoms with Gasteiger partial charge in [-0.3, -0.25) is 19.5 Å². The van der Waals surface area contributed by atoms with Gasteiger partial charge in [-0.15, -0.1) is 0 Å². The summed E-state index contributed by atoms with van der Waals surface area (Å²) in [6, 6.07) is 6.90. The molecule has 2 amide bonds. The Labute approximate surface area is 245 Å². The molecule has 0 saturated heterocycles. The minimum Gasteiger partial charge on any atom is -0.480 e. The van der Waals surface area contributed by atoms with Crippen molar-refractivity contribution < 1.29 is 23.5 Å². The number of hydrogen-bond donors (Lipinski definition) is 1. The van der Waals surface area contributed by atoms with Gasteiger partial charge < -0.3 is 19.4 Å². The lowest BCUT2D eigenvalue weighted by molar-refractivity contribution is -0.119. The van der Waals surface area contributed by atoms with E-state index in [4.69, 9.17) is 26.1 Å². The summed E-state index contributed by atoms with van der Waals surface area (Å²) < 4.78 is 25.3. The van der Waals surface area contributed by atoms with Crippen molar-refractivity contribution in [3.05, 3.63) is 69.9 Å². The summed E-state index contributed by atoms with van der Waals surface area (Å²) >= 11 is 6.36. The molecule has 216 valence electrons. The highest BCUT2D eigenvalue weighted by Crippen LogP contribution is 2.54. The fourth-order valence-electron chi connectivity index (χ4n) is 5.73. The van der Waals surface area contributed by atoms with Gasteiger partial charge in [0.15, 0.2) is 11.2 Å². The zero-order chi connectivity index (χ0) is 29.9. The first kappa shape index (κ1) is 27.6. The fourth-order valence-corrected chi connectivity index (χ4v) is 5.88. The van der Waals surface area contributed by atoms with E-state index >= 15 is 0 Å². The Balaban J connectivity index is 1.67. The topological polar surface area (TPSA) is 124 Å². The summed E-state index contributed by atoms with van der Waals surface area (Å²) in [6.45, 7) is 6.61. The number of fused-ring (bicyclic) bond motifs is 4. The predicted molar refractivity (Wildman–Crippen MR) is 153 cm³/mol. The first-order valence-corrected chi connectivity index (χ1v) is 13.6. The molecule has 13 heteroatoms. The average molecular weight is 592 g/mol. The SMILES string of the molecule is COc1nc(OCCF)ncc1-c1nc2c(n1C(C)C)C1(C(=O)Nc3cc(C)ccc31)N(c1cc(Cl)cnc1C)C2=O. The molecule has 0 aliphatic carbocycles. The molecule has 4 aromatic rings. The second kappa shape index (κ2) is 10.1. The molecule has 1 spiro atoms. The second-order valence-corrected chi connectivity index (χ2v) is 10.8. The number of rotatable bonds is 7. The Bertz CT molecular complexity index is 1780. The number of amides is 2. The Morgan fingerprint density at radius 3 is 2.62 bits per heavy atom. The highest BCUT2D eigenvalue weighted by molar-refractivity contribution is 6.31. The van der Waals surface area contributed by atoms with Crippen LogP contribution in [0.1, 0.15) is 52.9 Å². The van der Waals surface area contributed by atoms with E-state index in [0.29, 0.717) is 44.7 Å². The van der Waals surface area contributed by atoms with Crippen LogP contribution in [0.5, 0.6) is 11.9 Å². The molecule has 1 aromatic carbocycles. The summed E-state index contributed by atoms with van der Waals surface area (Å²) in [7, 11) is 1.42. The number of methoxy groups -OCH3 is 1. The van der Waals surface area contributed by atoms with Crippen molar-refractivity contribution in [2.45, 2.75) is 39.3 Å². The number of anilines is 2. The largest absolute Gasteiger partial charge is 0.480 e. The van der Waals surface area contributed by atoms with Gasteiger partial charge in [-0.2, -0.15) is 4.98 Å². The molecule has 0 radical (unpaired) electrons. The van der Waals surface area contributed by atoms with Crippen molar-refractivity contribution in [2.75, 3.05) is 30.6 Å². The Hall–Kier alpha value is -4.58. The van der Waals surface area contributed by atoms with Crippen molar-refractivity contribution in [2.24, 2.45) is 0 Å². The molecular weight excluding hydrogens is 565 g/mol. The van der Waals surface area contributed by atoms with Crippen molar-refractivity contribution in [3.8, 4) is 23.3 Å². The maximum Gasteiger partial charge on any atom is 0.319 e. The van der Waals surface area contributed by atoms with Crippen molar-refractivity contribution in [1.82, 2.24) is 24.5 Å². The van der Waals surface area contributed by atoms with Gasteiger partial charge in [-0.05, 0) is 45.4 Å². The number of aryl methyl sites for hydroxylation is 2. The van der Waals surface area contributed by atoms with Crippen LogP contribution in [0.3, 0.4) is 0 Å². The lowest BCUT2D eigenvalue weighted by atomic mass is 9.86. The maximum atomic E-state index is 14.5. The summed E-state index contributed by atoms with van der Waals surface area (Å²) in [5.41, 5.74) is 2.24. The Morgan fingerprint density at radius 2 is 1.90 bits per heavy atom. The normalized spacial score (nSPS) is 17.2. The number of carbonyl (C=O) groups excluding carboxylic acids is 2. The van der Waals surface area contributed by atoms with Crippen LogP contribution in [0.15, 0.2) is 36.7 Å². The van der Waals surface area contributed by atoms with Crippen molar-refractivity contribution >= 4 is 34.8 Å². The number of ether oxygens (including phenoxy) is 2. The zero-order valence-electron chi connectivity index (χ0n) is 23.5. The van der Waals surface area contributed by atoms with Crippen LogP contribution < -0.4 is 19.7 Å². The molecule has 1 N–H and O–H groups in total. The highest BCUT2D eigenvalue weighted by Gasteiger charge is 2.64. The molecule has 1 atom stereocenters. The van der Waals surface area contributed by atoms with Gasteiger partial charge in [0.05, 0.1) is 34.8 Å². The van der Waals surface area contributed by atoms with E-state index in [1.807, 2.05) is 43.5 Å². The molecular formula is C29H27ClFN7O4. The van der Waals surface area contributed by atoms with Gasteiger partial charge in [0.25, 0.3) is 11.8 Å². The Morgan fingerprint density at radius 1 is 1.12 bits per heavy atom. The number of carbonyl (C=O) groups is 2. The Kier molecular flexibility index (Phi) is 6.60. The second-order valence-electron chi connectivity index (χ2n) is 10.3. The first-order valence-electron chi connectivity index (χ1n) is 13.3. The van der Waals surface area contributed by atoms with E-state index in [-0.39, 0.29) is 30.2 Å². The van der Waals surface area contributed by atoms with Crippen LogP contribution in [0.4, 0.5) is 15.8 Å². The van der Waals surface area contributed by atoms with Gasteiger partial charge in [0, 0.05) is 29.7 Å². The fraction of sp³-hybridized carbons (Fsp3) is 0.310. The number of nitrogens with one attached hydrogen (secondary N) is 1. The van der Waals surface area contributed by atoms with E-state index in [2.05, 4.69) is 20.3 Å². The molecule has 11 nitrogen and oxygen atoms in total. The molecule has 3 aromatic heterocycles. The van der Waals surface area contributed by atoms with E-state index in [9.17, 15) is 14.0 Å². The molecule has 5 heterocycles. The van der Waals surface area contributed by atoms with Crippen LogP contribution in [-0.2, 0) is 10.3 Å². The average Bonchev–Trinajstić information content (AvgIpc) is 3.57. The molecule has 0 saturated carbocycles. The third-order valence-electron chi connectivity index (χ3n) is 7.39. The molecule has 2 aliphatic heterocycles. The molecule has 0 fully saturated rings. The summed E-state index contributed by atoms with van der Waals surface area (Å²) in [6.07, 6.45) is 2.94. The van der Waals surface area contributed by atoms with Crippen molar-refractivity contribution in [3.63, 3.8) is 0 Å². The smallest absolute Gasteiger partial charge is 0.319 e. The predicted octanol–water partition coefficient (Wildman–Crippen LogP) is 4.80. The number of halogens is 2. The zero-order valence-corrected chi connectivity index (χ0v) is 24.3. The van der Waals surface area contributed by atoms with Gasteiger partial charge >= 0.3 is 6.01 Å². The maximum absolute atomic E-state index is 14.5. The summed E-state index contributed by atoms with van der Waals surface area (Å²) in [5, 5.41) is 3.32. The highest BCUT2D eigenvalue weighted by atomic mass is 35.5. The summed E-state index contributed by atoms with van der Waals surface area (Å²) in [4.78, 5) is 47.9. The third kappa shape index (κ3) is 3.85. The van der Waals surface area contributed by atoms with Crippen LogP contribution >= 0.6 is 11.6 Å². The van der Waals surface area contributed by atoms with Crippen LogP contribution in [0, 0.1) is 13.8 Å². The monoisotopic (exact) mass is 591 g/mol. The number of aromatic nitrogens is 5. The van der Waals surface area contributed by atoms with Crippen LogP contribution in [0.25, 0.3) is 11.4 Å². The van der Waals surface area contributed by atoms with Crippen LogP contribution in [-0.4, -0.2) is 56.7 Å². The van der Waals surface area contributed by atoms with Gasteiger partial charge in [0.2, 0.25) is 5.88 Å². The molecule has 2 aliphatic rings. The minimum atomic E-state index is -1.62. The number of benzene rings is 1. The lowest BCUT2D eigenvalue weighted by Gasteiger charge is -2.36. The molecule has 42 heavy (non-hydrogen) atoms. The molecule has 0 bridgehead atoms. The summed E-state index contributed by atoms with van der Waals surface area (Å²) in [5.74, 6) is -0.472. The van der Waals surface area contributed by atoms with E-state index in [0.717, 1.165) is 5.56 Å². The quantitative estimate of drug-likeness (QED) is 0.325.